The van der Waals surface area contributed by atoms with E-state index in [1.807, 2.05) is 0 Å². The SMILES string of the molecule is CC1(C)CC1NC(=O)NCC1CCCCC1C(=O)O. The number of amides is 2. The predicted molar refractivity (Wildman–Crippen MR) is 71.8 cm³/mol. The molecule has 5 heteroatoms. The Morgan fingerprint density at radius 2 is 1.89 bits per heavy atom. The van der Waals surface area contributed by atoms with Gasteiger partial charge in [-0.1, -0.05) is 26.7 Å². The third kappa shape index (κ3) is 3.61. The lowest BCUT2D eigenvalue weighted by Crippen LogP contribution is -2.43. The summed E-state index contributed by atoms with van der Waals surface area (Å²) in [6.07, 6.45) is 4.69. The van der Waals surface area contributed by atoms with Crippen molar-refractivity contribution >= 4 is 12.0 Å². The number of hydrogen-bond acceptors (Lipinski definition) is 2. The highest BCUT2D eigenvalue weighted by Gasteiger charge is 2.46. The lowest BCUT2D eigenvalue weighted by molar-refractivity contribution is -0.144. The molecule has 0 spiro atoms. The molecule has 2 saturated carbocycles. The van der Waals surface area contributed by atoms with Crippen LogP contribution in [-0.2, 0) is 4.79 Å². The van der Waals surface area contributed by atoms with Crippen LogP contribution in [0.2, 0.25) is 0 Å². The predicted octanol–water partition coefficient (Wildman–Crippen LogP) is 1.98. The van der Waals surface area contributed by atoms with Crippen LogP contribution in [0.5, 0.6) is 0 Å². The van der Waals surface area contributed by atoms with Crippen molar-refractivity contribution in [2.24, 2.45) is 17.3 Å². The van der Waals surface area contributed by atoms with E-state index in [1.165, 1.54) is 0 Å². The molecule has 19 heavy (non-hydrogen) atoms. The zero-order valence-corrected chi connectivity index (χ0v) is 11.7. The Bertz CT molecular complexity index is 368. The Kier molecular flexibility index (Phi) is 4.02. The summed E-state index contributed by atoms with van der Waals surface area (Å²) in [4.78, 5) is 22.9. The highest BCUT2D eigenvalue weighted by atomic mass is 16.4. The van der Waals surface area contributed by atoms with Gasteiger partial charge in [0.15, 0.2) is 0 Å². The van der Waals surface area contributed by atoms with Crippen molar-refractivity contribution in [1.82, 2.24) is 10.6 Å². The molecule has 2 aliphatic carbocycles. The van der Waals surface area contributed by atoms with Crippen LogP contribution in [0.4, 0.5) is 4.79 Å². The number of urea groups is 1. The Balaban J connectivity index is 1.74. The maximum absolute atomic E-state index is 11.7. The molecule has 3 atom stereocenters. The minimum Gasteiger partial charge on any atom is -0.481 e. The smallest absolute Gasteiger partial charge is 0.315 e. The van der Waals surface area contributed by atoms with Crippen molar-refractivity contribution < 1.29 is 14.7 Å². The summed E-state index contributed by atoms with van der Waals surface area (Å²) in [5.41, 5.74) is 0.214. The molecule has 3 N–H and O–H groups in total. The van der Waals surface area contributed by atoms with Gasteiger partial charge >= 0.3 is 12.0 Å². The second-order valence-electron chi connectivity index (χ2n) is 6.59. The summed E-state index contributed by atoms with van der Waals surface area (Å²) in [6.45, 7) is 4.72. The van der Waals surface area contributed by atoms with Crippen LogP contribution in [0, 0.1) is 17.3 Å². The zero-order valence-electron chi connectivity index (χ0n) is 11.7. The number of carboxylic acids is 1. The van der Waals surface area contributed by atoms with Crippen molar-refractivity contribution in [2.45, 2.75) is 52.0 Å². The number of aliphatic carboxylic acids is 1. The molecule has 2 amide bonds. The third-order valence-electron chi connectivity index (χ3n) is 4.57. The number of rotatable bonds is 4. The Morgan fingerprint density at radius 3 is 2.47 bits per heavy atom. The van der Waals surface area contributed by atoms with Gasteiger partial charge in [-0.15, -0.1) is 0 Å². The van der Waals surface area contributed by atoms with Crippen LogP contribution in [0.15, 0.2) is 0 Å². The van der Waals surface area contributed by atoms with Gasteiger partial charge in [-0.05, 0) is 30.6 Å². The van der Waals surface area contributed by atoms with E-state index in [0.29, 0.717) is 6.54 Å². The lowest BCUT2D eigenvalue weighted by Gasteiger charge is -2.28. The number of carboxylic acid groups (broad SMARTS) is 1. The average Bonchev–Trinajstić information content (AvgIpc) is 2.94. The summed E-state index contributed by atoms with van der Waals surface area (Å²) in [7, 11) is 0. The molecule has 108 valence electrons. The van der Waals surface area contributed by atoms with Crippen molar-refractivity contribution in [3.05, 3.63) is 0 Å². The van der Waals surface area contributed by atoms with Gasteiger partial charge in [0.1, 0.15) is 0 Å². The van der Waals surface area contributed by atoms with E-state index in [4.69, 9.17) is 5.11 Å². The van der Waals surface area contributed by atoms with Crippen LogP contribution < -0.4 is 10.6 Å². The molecule has 0 radical (unpaired) electrons. The van der Waals surface area contributed by atoms with Crippen LogP contribution >= 0.6 is 0 Å². The first-order valence-corrected chi connectivity index (χ1v) is 7.17. The van der Waals surface area contributed by atoms with Gasteiger partial charge in [0.25, 0.3) is 0 Å². The van der Waals surface area contributed by atoms with Crippen LogP contribution in [0.25, 0.3) is 0 Å². The molecule has 0 aromatic heterocycles. The molecular formula is C14H24N2O3. The molecule has 2 aliphatic rings. The second kappa shape index (κ2) is 5.39. The molecule has 5 nitrogen and oxygen atoms in total. The highest BCUT2D eigenvalue weighted by molar-refractivity contribution is 5.75. The topological polar surface area (TPSA) is 78.4 Å². The summed E-state index contributed by atoms with van der Waals surface area (Å²) in [6, 6.07) is 0.0967. The molecule has 0 saturated heterocycles. The molecule has 2 fully saturated rings. The quantitative estimate of drug-likeness (QED) is 0.729. The van der Waals surface area contributed by atoms with Gasteiger partial charge in [0.05, 0.1) is 5.92 Å². The van der Waals surface area contributed by atoms with E-state index in [0.717, 1.165) is 32.1 Å². The van der Waals surface area contributed by atoms with E-state index >= 15 is 0 Å². The van der Waals surface area contributed by atoms with E-state index in [-0.39, 0.29) is 29.3 Å². The van der Waals surface area contributed by atoms with Crippen LogP contribution in [0.1, 0.15) is 46.0 Å². The highest BCUT2D eigenvalue weighted by Crippen LogP contribution is 2.44. The molecule has 0 heterocycles. The third-order valence-corrected chi connectivity index (χ3v) is 4.57. The Hall–Kier alpha value is -1.26. The molecule has 0 aromatic carbocycles. The van der Waals surface area contributed by atoms with Crippen molar-refractivity contribution in [2.75, 3.05) is 6.54 Å². The number of carbonyl (C=O) groups is 2. The van der Waals surface area contributed by atoms with Crippen molar-refractivity contribution in [1.29, 1.82) is 0 Å². The monoisotopic (exact) mass is 268 g/mol. The minimum absolute atomic E-state index is 0.0733. The van der Waals surface area contributed by atoms with Gasteiger partial charge in [-0.2, -0.15) is 0 Å². The van der Waals surface area contributed by atoms with Crippen molar-refractivity contribution in [3.8, 4) is 0 Å². The fourth-order valence-electron chi connectivity index (χ4n) is 2.92. The van der Waals surface area contributed by atoms with E-state index in [2.05, 4.69) is 24.5 Å². The van der Waals surface area contributed by atoms with Gasteiger partial charge in [0.2, 0.25) is 0 Å². The molecule has 0 bridgehead atoms. The number of carbonyl (C=O) groups excluding carboxylic acids is 1. The molecular weight excluding hydrogens is 244 g/mol. The fourth-order valence-corrected chi connectivity index (χ4v) is 2.92. The number of nitrogens with one attached hydrogen (secondary N) is 2. The molecule has 3 unspecified atom stereocenters. The zero-order chi connectivity index (χ0) is 14.0. The normalized spacial score (nSPS) is 32.4. The van der Waals surface area contributed by atoms with Gasteiger partial charge in [0, 0.05) is 12.6 Å². The van der Waals surface area contributed by atoms with E-state index in [1.54, 1.807) is 0 Å². The molecule has 2 rings (SSSR count). The molecule has 0 aromatic rings. The Morgan fingerprint density at radius 1 is 1.26 bits per heavy atom. The summed E-state index contributed by atoms with van der Waals surface area (Å²) < 4.78 is 0. The summed E-state index contributed by atoms with van der Waals surface area (Å²) in [5, 5.41) is 14.9. The largest absolute Gasteiger partial charge is 0.481 e. The van der Waals surface area contributed by atoms with E-state index < -0.39 is 5.97 Å². The Labute approximate surface area is 114 Å². The fraction of sp³-hybridized carbons (Fsp3) is 0.857. The lowest BCUT2D eigenvalue weighted by atomic mass is 9.79. The number of hydrogen-bond donors (Lipinski definition) is 3. The van der Waals surface area contributed by atoms with Crippen molar-refractivity contribution in [3.63, 3.8) is 0 Å². The van der Waals surface area contributed by atoms with Gasteiger partial charge in [-0.3, -0.25) is 4.79 Å². The van der Waals surface area contributed by atoms with Gasteiger partial charge < -0.3 is 15.7 Å². The van der Waals surface area contributed by atoms with Gasteiger partial charge in [-0.25, -0.2) is 4.79 Å². The second-order valence-corrected chi connectivity index (χ2v) is 6.59. The van der Waals surface area contributed by atoms with Crippen LogP contribution in [0.3, 0.4) is 0 Å². The first-order valence-electron chi connectivity index (χ1n) is 7.17. The summed E-state index contributed by atoms with van der Waals surface area (Å²) in [5.74, 6) is -0.953. The first kappa shape index (κ1) is 14.2. The standard InChI is InChI=1S/C14H24N2O3/c1-14(2)7-11(14)16-13(19)15-8-9-5-3-4-6-10(9)12(17)18/h9-11H,3-8H2,1-2H3,(H,17,18)(H2,15,16,19). The van der Waals surface area contributed by atoms with E-state index in [9.17, 15) is 9.59 Å². The molecule has 0 aliphatic heterocycles. The maximum atomic E-state index is 11.7. The maximum Gasteiger partial charge on any atom is 0.315 e. The first-order chi connectivity index (χ1) is 8.90. The minimum atomic E-state index is -0.727. The summed E-state index contributed by atoms with van der Waals surface area (Å²) >= 11 is 0. The van der Waals surface area contributed by atoms with Crippen LogP contribution in [-0.4, -0.2) is 29.7 Å². The average molecular weight is 268 g/mol.